The summed E-state index contributed by atoms with van der Waals surface area (Å²) in [5.41, 5.74) is 0.985. The van der Waals surface area contributed by atoms with Crippen molar-refractivity contribution in [3.63, 3.8) is 0 Å². The molecule has 3 aromatic rings. The number of fused-ring (bicyclic) bond motifs is 1. The number of anilines is 1. The Morgan fingerprint density at radius 1 is 1.28 bits per heavy atom. The minimum Gasteiger partial charge on any atom is -0.373 e. The monoisotopic (exact) mass is 468 g/mol. The minimum absolute atomic E-state index is 0.114. The van der Waals surface area contributed by atoms with Crippen LogP contribution in [-0.4, -0.2) is 83.7 Å². The lowest BCUT2D eigenvalue weighted by molar-refractivity contribution is 0.0438. The van der Waals surface area contributed by atoms with Gasteiger partial charge in [-0.1, -0.05) is 0 Å². The third kappa shape index (κ3) is 4.67. The van der Waals surface area contributed by atoms with Crippen molar-refractivity contribution in [2.45, 2.75) is 12.5 Å². The molecule has 14 heteroatoms. The van der Waals surface area contributed by atoms with Crippen molar-refractivity contribution in [3.8, 4) is 11.4 Å². The van der Waals surface area contributed by atoms with Crippen LogP contribution in [0.25, 0.3) is 17.0 Å². The molecular weight excluding hydrogens is 446 g/mol. The first kappa shape index (κ1) is 22.4. The molecule has 1 atom stereocenters. The van der Waals surface area contributed by atoms with Crippen LogP contribution in [0.5, 0.6) is 0 Å². The SMILES string of the molecule is CN(C)S(=O)(=O)NCC1CN(c2cc(-c3cnc4ccc(C(F)F)nn34)ncn2)CCO1. The van der Waals surface area contributed by atoms with Gasteiger partial charge in [0.1, 0.15) is 23.5 Å². The number of ether oxygens (including phenoxy) is 1. The fraction of sp³-hybridized carbons (Fsp3) is 0.444. The van der Waals surface area contributed by atoms with E-state index in [0.717, 1.165) is 4.31 Å². The lowest BCUT2D eigenvalue weighted by Gasteiger charge is -2.34. The van der Waals surface area contributed by atoms with E-state index < -0.39 is 16.6 Å². The van der Waals surface area contributed by atoms with E-state index in [9.17, 15) is 17.2 Å². The van der Waals surface area contributed by atoms with Gasteiger partial charge in [0.05, 0.1) is 24.6 Å². The van der Waals surface area contributed by atoms with E-state index in [-0.39, 0.29) is 18.3 Å². The summed E-state index contributed by atoms with van der Waals surface area (Å²) in [7, 11) is -0.672. The van der Waals surface area contributed by atoms with Crippen molar-refractivity contribution in [3.05, 3.63) is 36.4 Å². The van der Waals surface area contributed by atoms with Gasteiger partial charge in [-0.05, 0) is 12.1 Å². The van der Waals surface area contributed by atoms with Gasteiger partial charge >= 0.3 is 0 Å². The van der Waals surface area contributed by atoms with Gasteiger partial charge in [-0.3, -0.25) is 0 Å². The van der Waals surface area contributed by atoms with Crippen molar-refractivity contribution in [1.29, 1.82) is 0 Å². The molecule has 1 saturated heterocycles. The molecule has 172 valence electrons. The molecule has 1 fully saturated rings. The predicted molar refractivity (Wildman–Crippen MR) is 112 cm³/mol. The Labute approximate surface area is 183 Å². The Bertz CT molecular complexity index is 1200. The molecule has 11 nitrogen and oxygen atoms in total. The van der Waals surface area contributed by atoms with Gasteiger partial charge in [0, 0.05) is 39.8 Å². The fourth-order valence-electron chi connectivity index (χ4n) is 3.22. The van der Waals surface area contributed by atoms with Crippen LogP contribution in [0.3, 0.4) is 0 Å². The summed E-state index contributed by atoms with van der Waals surface area (Å²) in [6, 6.07) is 4.43. The average molecular weight is 468 g/mol. The first-order valence-corrected chi connectivity index (χ1v) is 11.2. The molecule has 1 aliphatic rings. The molecule has 4 rings (SSSR count). The molecule has 0 amide bonds. The summed E-state index contributed by atoms with van der Waals surface area (Å²) >= 11 is 0. The molecule has 0 aliphatic carbocycles. The molecule has 1 aliphatic heterocycles. The first-order chi connectivity index (χ1) is 15.2. The summed E-state index contributed by atoms with van der Waals surface area (Å²) in [5.74, 6) is 0.596. The number of nitrogens with zero attached hydrogens (tertiary/aromatic N) is 7. The van der Waals surface area contributed by atoms with E-state index in [1.165, 1.54) is 43.3 Å². The van der Waals surface area contributed by atoms with Gasteiger partial charge < -0.3 is 9.64 Å². The third-order valence-corrected chi connectivity index (χ3v) is 6.45. The van der Waals surface area contributed by atoms with Crippen LogP contribution in [0, 0.1) is 0 Å². The van der Waals surface area contributed by atoms with Gasteiger partial charge in [0.15, 0.2) is 5.65 Å². The van der Waals surface area contributed by atoms with Crippen LogP contribution in [0.1, 0.15) is 12.1 Å². The van der Waals surface area contributed by atoms with E-state index in [4.69, 9.17) is 4.74 Å². The van der Waals surface area contributed by atoms with Crippen LogP contribution >= 0.6 is 0 Å². The van der Waals surface area contributed by atoms with E-state index in [1.807, 2.05) is 4.90 Å². The Hall–Kier alpha value is -2.81. The highest BCUT2D eigenvalue weighted by Crippen LogP contribution is 2.24. The quantitative estimate of drug-likeness (QED) is 0.539. The molecule has 0 bridgehead atoms. The lowest BCUT2D eigenvalue weighted by Crippen LogP contribution is -2.49. The maximum atomic E-state index is 13.1. The number of nitrogens with one attached hydrogen (secondary N) is 1. The van der Waals surface area contributed by atoms with Crippen molar-refractivity contribution in [2.75, 3.05) is 45.2 Å². The second-order valence-electron chi connectivity index (χ2n) is 7.31. The normalized spacial score (nSPS) is 17.6. The van der Waals surface area contributed by atoms with E-state index in [2.05, 4.69) is 24.8 Å². The molecule has 3 aromatic heterocycles. The molecule has 0 aromatic carbocycles. The van der Waals surface area contributed by atoms with Gasteiger partial charge in [-0.15, -0.1) is 0 Å². The molecule has 4 heterocycles. The second kappa shape index (κ2) is 8.97. The van der Waals surface area contributed by atoms with Crippen LogP contribution in [0.15, 0.2) is 30.7 Å². The van der Waals surface area contributed by atoms with Crippen LogP contribution in [0.4, 0.5) is 14.6 Å². The number of rotatable bonds is 7. The number of hydrogen-bond donors (Lipinski definition) is 1. The standard InChI is InChI=1S/C18H22F2N8O3S/c1-26(2)32(29,30)24-8-12-10-27(5-6-31-12)17-7-14(22-11-23-17)15-9-21-16-4-3-13(18(19)20)25-28(15)16/h3-4,7,9,11-12,18,24H,5-6,8,10H2,1-2H3. The smallest absolute Gasteiger partial charge is 0.282 e. The lowest BCUT2D eigenvalue weighted by atomic mass is 10.2. The highest BCUT2D eigenvalue weighted by molar-refractivity contribution is 7.87. The molecule has 0 spiro atoms. The van der Waals surface area contributed by atoms with Crippen LogP contribution in [-0.2, 0) is 14.9 Å². The minimum atomic E-state index is -3.56. The largest absolute Gasteiger partial charge is 0.373 e. The van der Waals surface area contributed by atoms with E-state index in [1.54, 1.807) is 6.07 Å². The Balaban J connectivity index is 1.54. The van der Waals surface area contributed by atoms with Gasteiger partial charge in [0.25, 0.3) is 16.6 Å². The van der Waals surface area contributed by atoms with Crippen LogP contribution < -0.4 is 9.62 Å². The molecule has 0 radical (unpaired) electrons. The summed E-state index contributed by atoms with van der Waals surface area (Å²) in [6.45, 7) is 1.47. The highest BCUT2D eigenvalue weighted by atomic mass is 32.2. The van der Waals surface area contributed by atoms with Crippen molar-refractivity contribution in [2.24, 2.45) is 0 Å². The van der Waals surface area contributed by atoms with E-state index in [0.29, 0.717) is 42.5 Å². The topological polar surface area (TPSA) is 118 Å². The predicted octanol–water partition coefficient (Wildman–Crippen LogP) is 0.725. The Morgan fingerprint density at radius 3 is 2.84 bits per heavy atom. The number of aromatic nitrogens is 5. The summed E-state index contributed by atoms with van der Waals surface area (Å²) in [4.78, 5) is 14.7. The zero-order valence-corrected chi connectivity index (χ0v) is 18.2. The zero-order chi connectivity index (χ0) is 22.9. The van der Waals surface area contributed by atoms with Crippen molar-refractivity contribution < 1.29 is 21.9 Å². The molecule has 0 saturated carbocycles. The third-order valence-electron chi connectivity index (χ3n) is 4.96. The number of morpholine rings is 1. The molecular formula is C18H22F2N8O3S. The molecule has 1 N–H and O–H groups in total. The van der Waals surface area contributed by atoms with Gasteiger partial charge in [0.2, 0.25) is 0 Å². The average Bonchev–Trinajstić information content (AvgIpc) is 3.21. The maximum absolute atomic E-state index is 13.1. The number of alkyl halides is 2. The number of hydrogen-bond acceptors (Lipinski definition) is 8. The maximum Gasteiger partial charge on any atom is 0.282 e. The molecule has 1 unspecified atom stereocenters. The summed E-state index contributed by atoms with van der Waals surface area (Å²) in [6.07, 6.45) is -0.184. The fourth-order valence-corrected chi connectivity index (χ4v) is 3.87. The van der Waals surface area contributed by atoms with E-state index >= 15 is 0 Å². The summed E-state index contributed by atoms with van der Waals surface area (Å²) in [5, 5.41) is 3.97. The van der Waals surface area contributed by atoms with Crippen molar-refractivity contribution >= 4 is 21.7 Å². The highest BCUT2D eigenvalue weighted by Gasteiger charge is 2.24. The van der Waals surface area contributed by atoms with Crippen molar-refractivity contribution in [1.82, 2.24) is 33.6 Å². The number of imidazole rings is 1. The first-order valence-electron chi connectivity index (χ1n) is 9.73. The number of halogens is 2. The Morgan fingerprint density at radius 2 is 2.09 bits per heavy atom. The Kier molecular flexibility index (Phi) is 6.28. The van der Waals surface area contributed by atoms with Gasteiger partial charge in [-0.25, -0.2) is 28.2 Å². The van der Waals surface area contributed by atoms with Gasteiger partial charge in [-0.2, -0.15) is 22.5 Å². The zero-order valence-electron chi connectivity index (χ0n) is 17.4. The summed E-state index contributed by atoms with van der Waals surface area (Å²) < 4.78 is 60.6. The molecule has 32 heavy (non-hydrogen) atoms. The second-order valence-corrected chi connectivity index (χ2v) is 9.28. The van der Waals surface area contributed by atoms with Crippen LogP contribution in [0.2, 0.25) is 0 Å².